The molecule has 8 nitrogen and oxygen atoms in total. The van der Waals surface area contributed by atoms with Crippen LogP contribution in [0.4, 0.5) is 0 Å². The van der Waals surface area contributed by atoms with Crippen molar-refractivity contribution in [2.75, 3.05) is 0 Å². The molecule has 0 radical (unpaired) electrons. The van der Waals surface area contributed by atoms with Crippen molar-refractivity contribution >= 4 is 5.91 Å². The van der Waals surface area contributed by atoms with Gasteiger partial charge in [-0.15, -0.1) is 0 Å². The monoisotopic (exact) mass is 324 g/mol. The number of carbonyl (C=O) groups excluding carboxylic acids is 1. The van der Waals surface area contributed by atoms with Crippen molar-refractivity contribution in [1.82, 2.24) is 30.4 Å². The predicted molar refractivity (Wildman–Crippen MR) is 84.8 cm³/mol. The number of amides is 1. The lowest BCUT2D eigenvalue weighted by Crippen LogP contribution is -2.27. The molecule has 0 aliphatic rings. The third-order valence-electron chi connectivity index (χ3n) is 3.35. The van der Waals surface area contributed by atoms with Crippen molar-refractivity contribution < 1.29 is 9.32 Å². The van der Waals surface area contributed by atoms with Crippen molar-refractivity contribution in [2.45, 2.75) is 26.3 Å². The number of nitrogens with zero attached hydrogens (tertiary/aromatic N) is 5. The van der Waals surface area contributed by atoms with E-state index in [0.717, 1.165) is 5.56 Å². The van der Waals surface area contributed by atoms with Crippen molar-refractivity contribution in [3.8, 4) is 11.4 Å². The number of hydrogen-bond donors (Lipinski definition) is 1. The average molecular weight is 324 g/mol. The summed E-state index contributed by atoms with van der Waals surface area (Å²) in [6.45, 7) is 3.70. The molecule has 0 aliphatic carbocycles. The van der Waals surface area contributed by atoms with Crippen LogP contribution in [0.25, 0.3) is 11.4 Å². The fourth-order valence-electron chi connectivity index (χ4n) is 2.02. The summed E-state index contributed by atoms with van der Waals surface area (Å²) in [7, 11) is 0. The summed E-state index contributed by atoms with van der Waals surface area (Å²) in [5, 5.41) is 6.59. The van der Waals surface area contributed by atoms with Crippen molar-refractivity contribution in [2.24, 2.45) is 0 Å². The maximum Gasteiger partial charge on any atom is 0.255 e. The SMILES string of the molecule is CCc1noc([C@@H](C)NC(=O)c2cnc(-c3cccnc3)nc2)n1. The summed E-state index contributed by atoms with van der Waals surface area (Å²) in [6.07, 6.45) is 6.96. The standard InChI is InChI=1S/C16H16N6O2/c1-3-13-21-16(24-22-13)10(2)20-15(23)12-8-18-14(19-9-12)11-5-4-6-17-7-11/h4-10H,3H2,1-2H3,(H,20,23)/t10-/m1/s1. The third kappa shape index (κ3) is 3.43. The zero-order valence-corrected chi connectivity index (χ0v) is 13.3. The van der Waals surface area contributed by atoms with Crippen LogP contribution in [0, 0.1) is 0 Å². The molecule has 1 N–H and O–H groups in total. The molecule has 8 heteroatoms. The van der Waals surface area contributed by atoms with Gasteiger partial charge in [-0.3, -0.25) is 9.78 Å². The van der Waals surface area contributed by atoms with Crippen LogP contribution in [-0.4, -0.2) is 31.0 Å². The Kier molecular flexibility index (Phi) is 4.55. The van der Waals surface area contributed by atoms with E-state index >= 15 is 0 Å². The molecule has 3 aromatic rings. The minimum absolute atomic E-state index is 0.309. The number of aromatic nitrogens is 5. The minimum atomic E-state index is -0.400. The largest absolute Gasteiger partial charge is 0.340 e. The Morgan fingerprint density at radius 2 is 2.08 bits per heavy atom. The zero-order chi connectivity index (χ0) is 16.9. The quantitative estimate of drug-likeness (QED) is 0.764. The van der Waals surface area contributed by atoms with Gasteiger partial charge in [-0.25, -0.2) is 9.97 Å². The fourth-order valence-corrected chi connectivity index (χ4v) is 2.02. The summed E-state index contributed by atoms with van der Waals surface area (Å²) >= 11 is 0. The topological polar surface area (TPSA) is 107 Å². The van der Waals surface area contributed by atoms with Crippen molar-refractivity contribution in [1.29, 1.82) is 0 Å². The number of hydrogen-bond acceptors (Lipinski definition) is 7. The summed E-state index contributed by atoms with van der Waals surface area (Å²) in [6, 6.07) is 3.25. The first kappa shape index (κ1) is 15.7. The Labute approximate surface area is 138 Å². The lowest BCUT2D eigenvalue weighted by atomic mass is 10.2. The first-order chi connectivity index (χ1) is 11.7. The Hall–Kier alpha value is -3.16. The molecule has 1 atom stereocenters. The van der Waals surface area contributed by atoms with E-state index in [1.54, 1.807) is 25.4 Å². The molecule has 0 unspecified atom stereocenters. The second-order valence-electron chi connectivity index (χ2n) is 5.13. The molecular formula is C16H16N6O2. The van der Waals surface area contributed by atoms with Crippen LogP contribution in [0.1, 0.15) is 42.0 Å². The van der Waals surface area contributed by atoms with Gasteiger partial charge >= 0.3 is 0 Å². The molecule has 3 aromatic heterocycles. The number of carbonyl (C=O) groups is 1. The molecule has 1 amide bonds. The van der Waals surface area contributed by atoms with E-state index in [0.29, 0.717) is 29.5 Å². The van der Waals surface area contributed by atoms with Gasteiger partial charge in [0.1, 0.15) is 6.04 Å². The third-order valence-corrected chi connectivity index (χ3v) is 3.35. The Bertz CT molecular complexity index is 816. The Morgan fingerprint density at radius 3 is 2.71 bits per heavy atom. The van der Waals surface area contributed by atoms with Crippen molar-refractivity contribution in [3.05, 3.63) is 54.2 Å². The molecule has 0 spiro atoms. The summed E-state index contributed by atoms with van der Waals surface area (Å²) in [5.74, 6) is 1.18. The van der Waals surface area contributed by atoms with Gasteiger partial charge in [-0.2, -0.15) is 4.98 Å². The van der Waals surface area contributed by atoms with Gasteiger partial charge in [0.05, 0.1) is 5.56 Å². The zero-order valence-electron chi connectivity index (χ0n) is 13.3. The van der Waals surface area contributed by atoms with E-state index in [4.69, 9.17) is 4.52 Å². The molecule has 0 saturated heterocycles. The first-order valence-electron chi connectivity index (χ1n) is 7.53. The van der Waals surface area contributed by atoms with Crippen LogP contribution in [0.5, 0.6) is 0 Å². The van der Waals surface area contributed by atoms with Crippen LogP contribution in [0.2, 0.25) is 0 Å². The van der Waals surface area contributed by atoms with E-state index in [9.17, 15) is 4.79 Å². The van der Waals surface area contributed by atoms with E-state index in [1.807, 2.05) is 13.0 Å². The van der Waals surface area contributed by atoms with Crippen LogP contribution in [-0.2, 0) is 6.42 Å². The molecule has 0 saturated carbocycles. The van der Waals surface area contributed by atoms with Crippen molar-refractivity contribution in [3.63, 3.8) is 0 Å². The van der Waals surface area contributed by atoms with E-state index in [1.165, 1.54) is 12.4 Å². The van der Waals surface area contributed by atoms with Gasteiger partial charge in [0.15, 0.2) is 11.6 Å². The van der Waals surface area contributed by atoms with Crippen LogP contribution in [0.3, 0.4) is 0 Å². The molecule has 24 heavy (non-hydrogen) atoms. The average Bonchev–Trinajstić information content (AvgIpc) is 3.12. The van der Waals surface area contributed by atoms with Crippen LogP contribution in [0.15, 0.2) is 41.4 Å². The Morgan fingerprint density at radius 1 is 1.29 bits per heavy atom. The number of nitrogens with one attached hydrogen (secondary N) is 1. The highest BCUT2D eigenvalue weighted by Gasteiger charge is 2.17. The normalized spacial score (nSPS) is 11.9. The van der Waals surface area contributed by atoms with E-state index in [-0.39, 0.29) is 5.91 Å². The highest BCUT2D eigenvalue weighted by molar-refractivity contribution is 5.93. The molecular weight excluding hydrogens is 308 g/mol. The van der Waals surface area contributed by atoms with Crippen LogP contribution >= 0.6 is 0 Å². The minimum Gasteiger partial charge on any atom is -0.340 e. The summed E-state index contributed by atoms with van der Waals surface area (Å²) < 4.78 is 5.12. The van der Waals surface area contributed by atoms with Gasteiger partial charge in [0.2, 0.25) is 5.89 Å². The highest BCUT2D eigenvalue weighted by atomic mass is 16.5. The molecule has 0 bridgehead atoms. The molecule has 3 heterocycles. The summed E-state index contributed by atoms with van der Waals surface area (Å²) in [4.78, 5) is 28.9. The van der Waals surface area contributed by atoms with Crippen LogP contribution < -0.4 is 5.32 Å². The fraction of sp³-hybridized carbons (Fsp3) is 0.250. The van der Waals surface area contributed by atoms with Gasteiger partial charge < -0.3 is 9.84 Å². The molecule has 0 aliphatic heterocycles. The van der Waals surface area contributed by atoms with Gasteiger partial charge in [0, 0.05) is 36.8 Å². The summed E-state index contributed by atoms with van der Waals surface area (Å²) in [5.41, 5.74) is 1.14. The van der Waals surface area contributed by atoms with E-state index in [2.05, 4.69) is 30.4 Å². The molecule has 0 aromatic carbocycles. The lowest BCUT2D eigenvalue weighted by molar-refractivity contribution is 0.0932. The Balaban J connectivity index is 1.69. The number of aryl methyl sites for hydroxylation is 1. The first-order valence-corrected chi connectivity index (χ1v) is 7.53. The maximum absolute atomic E-state index is 12.3. The highest BCUT2D eigenvalue weighted by Crippen LogP contribution is 2.13. The predicted octanol–water partition coefficient (Wildman–Crippen LogP) is 1.97. The molecule has 122 valence electrons. The van der Waals surface area contributed by atoms with E-state index < -0.39 is 6.04 Å². The number of rotatable bonds is 5. The van der Waals surface area contributed by atoms with Gasteiger partial charge in [-0.1, -0.05) is 12.1 Å². The van der Waals surface area contributed by atoms with Gasteiger partial charge in [-0.05, 0) is 19.1 Å². The smallest absolute Gasteiger partial charge is 0.255 e. The lowest BCUT2D eigenvalue weighted by Gasteiger charge is -2.09. The second kappa shape index (κ2) is 6.95. The molecule has 3 rings (SSSR count). The molecule has 0 fully saturated rings. The number of pyridine rings is 1. The maximum atomic E-state index is 12.3. The van der Waals surface area contributed by atoms with Gasteiger partial charge in [0.25, 0.3) is 5.91 Å². The second-order valence-corrected chi connectivity index (χ2v) is 5.13.